The molecule has 3 nitrogen and oxygen atoms in total. The molecule has 94 valence electrons. The second kappa shape index (κ2) is 5.76. The largest absolute Gasteiger partial charge is 0.382 e. The third-order valence-electron chi connectivity index (χ3n) is 2.15. The monoisotopic (exact) mass is 273 g/mol. The molecule has 0 aromatic heterocycles. The van der Waals surface area contributed by atoms with Gasteiger partial charge in [0.15, 0.2) is 0 Å². The van der Waals surface area contributed by atoms with Crippen LogP contribution in [-0.2, 0) is 4.74 Å². The quantitative estimate of drug-likeness (QED) is 0.828. The average Bonchev–Trinajstić information content (AvgIpc) is 2.20. The molecule has 17 heavy (non-hydrogen) atoms. The number of amides is 1. The third-order valence-corrected chi connectivity index (χ3v) is 2.76. The van der Waals surface area contributed by atoms with Gasteiger partial charge < -0.3 is 10.1 Å². The van der Waals surface area contributed by atoms with Crippen LogP contribution in [0.3, 0.4) is 0 Å². The summed E-state index contributed by atoms with van der Waals surface area (Å²) in [7, 11) is 1.59. The molecule has 0 radical (unpaired) electrons. The van der Waals surface area contributed by atoms with Gasteiger partial charge in [0, 0.05) is 12.0 Å². The number of carbonyl (C=O) groups excluding carboxylic acids is 1. The molecule has 0 saturated carbocycles. The molecule has 0 unspecified atom stereocenters. The van der Waals surface area contributed by atoms with Crippen LogP contribution in [0.5, 0.6) is 0 Å². The lowest BCUT2D eigenvalue weighted by Gasteiger charge is -2.25. The summed E-state index contributed by atoms with van der Waals surface area (Å²) in [6.45, 7) is 4.19. The maximum absolute atomic E-state index is 12.0. The number of hydrogen-bond acceptors (Lipinski definition) is 3. The van der Waals surface area contributed by atoms with Crippen molar-refractivity contribution in [2.45, 2.75) is 24.3 Å². The van der Waals surface area contributed by atoms with E-state index in [4.69, 9.17) is 16.3 Å². The summed E-state index contributed by atoms with van der Waals surface area (Å²) in [6, 6.07) is 5.04. The number of benzene rings is 1. The van der Waals surface area contributed by atoms with Crippen molar-refractivity contribution in [1.82, 2.24) is 5.32 Å². The highest BCUT2D eigenvalue weighted by atomic mass is 35.5. The first-order valence-corrected chi connectivity index (χ1v) is 5.98. The highest BCUT2D eigenvalue weighted by molar-refractivity contribution is 7.80. The number of thiol groups is 1. The summed E-state index contributed by atoms with van der Waals surface area (Å²) in [5.41, 5.74) is -0.0229. The van der Waals surface area contributed by atoms with E-state index in [2.05, 4.69) is 17.9 Å². The first-order chi connectivity index (χ1) is 7.85. The summed E-state index contributed by atoms with van der Waals surface area (Å²) >= 11 is 10.2. The SMILES string of the molecule is COCC(C)(C)NC(=O)c1cc(S)ccc1Cl. The number of rotatable bonds is 4. The number of carbonyl (C=O) groups is 1. The molecule has 0 fully saturated rings. The zero-order valence-corrected chi connectivity index (χ0v) is 11.7. The Hall–Kier alpha value is -0.710. The molecular formula is C12H16ClNO2S. The van der Waals surface area contributed by atoms with Crippen molar-refractivity contribution in [3.63, 3.8) is 0 Å². The Bertz CT molecular complexity index is 421. The summed E-state index contributed by atoms with van der Waals surface area (Å²) in [5.74, 6) is -0.229. The van der Waals surface area contributed by atoms with Crippen LogP contribution in [0.1, 0.15) is 24.2 Å². The normalized spacial score (nSPS) is 11.4. The topological polar surface area (TPSA) is 38.3 Å². The molecule has 0 aliphatic rings. The molecule has 1 aromatic rings. The van der Waals surface area contributed by atoms with Crippen LogP contribution in [0.4, 0.5) is 0 Å². The number of methoxy groups -OCH3 is 1. The Morgan fingerprint density at radius 2 is 2.18 bits per heavy atom. The molecule has 5 heteroatoms. The second-order valence-electron chi connectivity index (χ2n) is 4.44. The number of hydrogen-bond donors (Lipinski definition) is 2. The van der Waals surface area contributed by atoms with Gasteiger partial charge in [0.25, 0.3) is 5.91 Å². The van der Waals surface area contributed by atoms with Gasteiger partial charge in [-0.25, -0.2) is 0 Å². The molecule has 0 saturated heterocycles. The van der Waals surface area contributed by atoms with Crippen LogP contribution in [-0.4, -0.2) is 25.2 Å². The van der Waals surface area contributed by atoms with Gasteiger partial charge in [-0.3, -0.25) is 4.79 Å². The van der Waals surface area contributed by atoms with Gasteiger partial charge in [0.1, 0.15) is 0 Å². The highest BCUT2D eigenvalue weighted by Gasteiger charge is 2.22. The van der Waals surface area contributed by atoms with E-state index in [0.717, 1.165) is 0 Å². The zero-order chi connectivity index (χ0) is 13.1. The van der Waals surface area contributed by atoms with Gasteiger partial charge in [-0.15, -0.1) is 12.6 Å². The fraction of sp³-hybridized carbons (Fsp3) is 0.417. The maximum Gasteiger partial charge on any atom is 0.253 e. The average molecular weight is 274 g/mol. The van der Waals surface area contributed by atoms with Crippen molar-refractivity contribution in [3.8, 4) is 0 Å². The van der Waals surface area contributed by atoms with E-state index in [-0.39, 0.29) is 5.91 Å². The molecular weight excluding hydrogens is 258 g/mol. The van der Waals surface area contributed by atoms with Crippen LogP contribution in [0.15, 0.2) is 23.1 Å². The maximum atomic E-state index is 12.0. The molecule has 1 rings (SSSR count). The van der Waals surface area contributed by atoms with Gasteiger partial charge >= 0.3 is 0 Å². The number of nitrogens with one attached hydrogen (secondary N) is 1. The van der Waals surface area contributed by atoms with E-state index in [1.807, 2.05) is 13.8 Å². The Morgan fingerprint density at radius 1 is 1.53 bits per heavy atom. The molecule has 0 atom stereocenters. The van der Waals surface area contributed by atoms with E-state index in [1.54, 1.807) is 25.3 Å². The molecule has 1 amide bonds. The van der Waals surface area contributed by atoms with Crippen LogP contribution < -0.4 is 5.32 Å². The molecule has 1 aromatic carbocycles. The van der Waals surface area contributed by atoms with Gasteiger partial charge in [0.05, 0.1) is 22.7 Å². The first-order valence-electron chi connectivity index (χ1n) is 5.16. The van der Waals surface area contributed by atoms with Crippen molar-refractivity contribution in [3.05, 3.63) is 28.8 Å². The summed E-state index contributed by atoms with van der Waals surface area (Å²) in [6.07, 6.45) is 0. The molecule has 0 aliphatic heterocycles. The van der Waals surface area contributed by atoms with Gasteiger partial charge in [-0.05, 0) is 32.0 Å². The van der Waals surface area contributed by atoms with E-state index in [1.165, 1.54) is 0 Å². The Balaban J connectivity index is 2.86. The van der Waals surface area contributed by atoms with Crippen LogP contribution in [0.2, 0.25) is 5.02 Å². The van der Waals surface area contributed by atoms with E-state index >= 15 is 0 Å². The van der Waals surface area contributed by atoms with Crippen LogP contribution in [0.25, 0.3) is 0 Å². The van der Waals surface area contributed by atoms with Gasteiger partial charge in [0.2, 0.25) is 0 Å². The standard InChI is InChI=1S/C12H16ClNO2S/c1-12(2,7-16-3)14-11(15)9-6-8(17)4-5-10(9)13/h4-6,17H,7H2,1-3H3,(H,14,15). The fourth-order valence-corrected chi connectivity index (χ4v) is 1.87. The second-order valence-corrected chi connectivity index (χ2v) is 5.36. The van der Waals surface area contributed by atoms with E-state index in [9.17, 15) is 4.79 Å². The van der Waals surface area contributed by atoms with Crippen molar-refractivity contribution in [2.75, 3.05) is 13.7 Å². The van der Waals surface area contributed by atoms with Crippen molar-refractivity contribution < 1.29 is 9.53 Å². The lowest BCUT2D eigenvalue weighted by Crippen LogP contribution is -2.46. The minimum absolute atomic E-state index is 0.229. The minimum atomic E-state index is -0.443. The van der Waals surface area contributed by atoms with Crippen LogP contribution in [0, 0.1) is 0 Å². The predicted molar refractivity (Wildman–Crippen MR) is 72.1 cm³/mol. The lowest BCUT2D eigenvalue weighted by atomic mass is 10.1. The molecule has 1 N–H and O–H groups in total. The van der Waals surface area contributed by atoms with Crippen molar-refractivity contribution >= 4 is 30.1 Å². The summed E-state index contributed by atoms with van der Waals surface area (Å²) in [5, 5.41) is 3.27. The van der Waals surface area contributed by atoms with Gasteiger partial charge in [-0.1, -0.05) is 11.6 Å². The van der Waals surface area contributed by atoms with Crippen molar-refractivity contribution in [1.29, 1.82) is 0 Å². The number of ether oxygens (including phenoxy) is 1. The first kappa shape index (κ1) is 14.4. The Morgan fingerprint density at radius 3 is 2.76 bits per heavy atom. The Labute approximate surface area is 112 Å². The van der Waals surface area contributed by atoms with E-state index < -0.39 is 5.54 Å². The highest BCUT2D eigenvalue weighted by Crippen LogP contribution is 2.20. The molecule has 0 bridgehead atoms. The van der Waals surface area contributed by atoms with Crippen molar-refractivity contribution in [2.24, 2.45) is 0 Å². The van der Waals surface area contributed by atoms with Crippen LogP contribution >= 0.6 is 24.2 Å². The minimum Gasteiger partial charge on any atom is -0.382 e. The molecule has 0 spiro atoms. The van der Waals surface area contributed by atoms with Gasteiger partial charge in [-0.2, -0.15) is 0 Å². The fourth-order valence-electron chi connectivity index (χ4n) is 1.46. The summed E-state index contributed by atoms with van der Waals surface area (Å²) in [4.78, 5) is 12.7. The third kappa shape index (κ3) is 4.22. The predicted octanol–water partition coefficient (Wildman–Crippen LogP) is 2.78. The lowest BCUT2D eigenvalue weighted by molar-refractivity contribution is 0.0820. The molecule has 0 heterocycles. The smallest absolute Gasteiger partial charge is 0.253 e. The zero-order valence-electron chi connectivity index (χ0n) is 10.1. The Kier molecular flexibility index (Phi) is 4.86. The molecule has 0 aliphatic carbocycles. The summed E-state index contributed by atoms with van der Waals surface area (Å²) < 4.78 is 5.03. The van der Waals surface area contributed by atoms with E-state index in [0.29, 0.717) is 22.1 Å². The number of halogens is 1.